The molecule has 0 unspecified atom stereocenters. The van der Waals surface area contributed by atoms with Crippen LogP contribution in [0.25, 0.3) is 11.4 Å². The van der Waals surface area contributed by atoms with Crippen LogP contribution < -0.4 is 5.32 Å². The highest BCUT2D eigenvalue weighted by Crippen LogP contribution is 2.21. The first-order valence-corrected chi connectivity index (χ1v) is 8.08. The largest absolute Gasteiger partial charge is 0.321 e. The minimum Gasteiger partial charge on any atom is -0.321 e. The molecule has 1 N–H and O–H groups in total. The van der Waals surface area contributed by atoms with Gasteiger partial charge in [0.25, 0.3) is 5.91 Å². The number of nitrogens with zero attached hydrogens (tertiary/aromatic N) is 5. The second-order valence-corrected chi connectivity index (χ2v) is 7.03. The lowest BCUT2D eigenvalue weighted by Crippen LogP contribution is -2.25. The fourth-order valence-electron chi connectivity index (χ4n) is 2.67. The van der Waals surface area contributed by atoms with Crippen LogP contribution in [0.5, 0.6) is 0 Å². The molecule has 3 rings (SSSR count). The van der Waals surface area contributed by atoms with Gasteiger partial charge >= 0.3 is 0 Å². The summed E-state index contributed by atoms with van der Waals surface area (Å²) < 4.78 is 3.50. The van der Waals surface area contributed by atoms with Crippen molar-refractivity contribution in [3.05, 3.63) is 48.0 Å². The number of anilines is 1. The Kier molecular flexibility index (Phi) is 4.16. The molecule has 0 atom stereocenters. The fourth-order valence-corrected chi connectivity index (χ4v) is 2.67. The van der Waals surface area contributed by atoms with Gasteiger partial charge in [-0.2, -0.15) is 10.2 Å². The number of carbonyl (C=O) groups is 1. The quantitative estimate of drug-likeness (QED) is 0.796. The van der Waals surface area contributed by atoms with Gasteiger partial charge in [0.2, 0.25) is 0 Å². The molecule has 0 fully saturated rings. The lowest BCUT2D eigenvalue weighted by atomic mass is 10.1. The van der Waals surface area contributed by atoms with Gasteiger partial charge in [0, 0.05) is 24.0 Å². The fraction of sp³-hybridized carbons (Fsp3) is 0.333. The van der Waals surface area contributed by atoms with Crippen molar-refractivity contribution in [1.82, 2.24) is 24.5 Å². The summed E-state index contributed by atoms with van der Waals surface area (Å²) in [5.74, 6) is 0.378. The van der Waals surface area contributed by atoms with Crippen molar-refractivity contribution in [3.8, 4) is 11.4 Å². The minimum absolute atomic E-state index is 0.173. The maximum atomic E-state index is 12.5. The lowest BCUT2D eigenvalue weighted by molar-refractivity contribution is 0.102. The highest BCUT2D eigenvalue weighted by atomic mass is 16.2. The molecule has 0 bridgehead atoms. The average Bonchev–Trinajstić information content (AvgIpc) is 3.13. The van der Waals surface area contributed by atoms with Gasteiger partial charge in [-0.1, -0.05) is 12.1 Å². The number of amides is 1. The van der Waals surface area contributed by atoms with Crippen molar-refractivity contribution >= 4 is 11.6 Å². The number of benzene rings is 1. The molecule has 0 aliphatic rings. The third-order valence-corrected chi connectivity index (χ3v) is 3.73. The van der Waals surface area contributed by atoms with E-state index in [4.69, 9.17) is 0 Å². The summed E-state index contributed by atoms with van der Waals surface area (Å²) in [6.45, 7) is 8.11. The molecule has 1 amide bonds. The third kappa shape index (κ3) is 3.60. The number of carbonyl (C=O) groups excluding carboxylic acids is 1. The van der Waals surface area contributed by atoms with Crippen LogP contribution in [0, 0.1) is 6.92 Å². The zero-order chi connectivity index (χ0) is 18.2. The summed E-state index contributed by atoms with van der Waals surface area (Å²) in [6, 6.07) is 9.24. The SMILES string of the molecule is Cc1cc(C(=O)Nc2cccc(-c3ncn(C)n3)c2)nn1C(C)(C)C. The van der Waals surface area contributed by atoms with Crippen LogP contribution in [-0.2, 0) is 12.6 Å². The van der Waals surface area contributed by atoms with Gasteiger partial charge in [0.05, 0.1) is 5.54 Å². The van der Waals surface area contributed by atoms with Crippen LogP contribution in [0.3, 0.4) is 0 Å². The molecule has 2 heterocycles. The molecule has 3 aromatic rings. The molecule has 0 spiro atoms. The van der Waals surface area contributed by atoms with Gasteiger partial charge in [-0.25, -0.2) is 4.98 Å². The summed E-state index contributed by atoms with van der Waals surface area (Å²) in [5, 5.41) is 11.6. The first-order chi connectivity index (χ1) is 11.7. The maximum absolute atomic E-state index is 12.5. The van der Waals surface area contributed by atoms with Crippen LogP contribution >= 0.6 is 0 Å². The topological polar surface area (TPSA) is 77.6 Å². The van der Waals surface area contributed by atoms with E-state index in [1.54, 1.807) is 17.1 Å². The Bertz CT molecular complexity index is 916. The Morgan fingerprint density at radius 3 is 2.52 bits per heavy atom. The molecule has 1 aromatic carbocycles. The van der Waals surface area contributed by atoms with Crippen LogP contribution in [0.2, 0.25) is 0 Å². The molecule has 0 radical (unpaired) electrons. The maximum Gasteiger partial charge on any atom is 0.276 e. The Labute approximate surface area is 146 Å². The zero-order valence-electron chi connectivity index (χ0n) is 15.1. The molecule has 25 heavy (non-hydrogen) atoms. The summed E-state index contributed by atoms with van der Waals surface area (Å²) >= 11 is 0. The van der Waals surface area contributed by atoms with Gasteiger partial charge < -0.3 is 5.32 Å². The van der Waals surface area contributed by atoms with E-state index in [1.807, 2.05) is 42.9 Å². The highest BCUT2D eigenvalue weighted by Gasteiger charge is 2.20. The molecule has 7 nitrogen and oxygen atoms in total. The molecule has 0 aliphatic carbocycles. The van der Waals surface area contributed by atoms with Crippen molar-refractivity contribution in [1.29, 1.82) is 0 Å². The Morgan fingerprint density at radius 1 is 1.16 bits per heavy atom. The number of hydrogen-bond donors (Lipinski definition) is 1. The highest BCUT2D eigenvalue weighted by molar-refractivity contribution is 6.03. The van der Waals surface area contributed by atoms with Crippen LogP contribution in [0.4, 0.5) is 5.69 Å². The van der Waals surface area contributed by atoms with Crippen LogP contribution in [0.15, 0.2) is 36.7 Å². The molecule has 0 aliphatic heterocycles. The van der Waals surface area contributed by atoms with Gasteiger partial charge in [-0.3, -0.25) is 14.2 Å². The molecule has 130 valence electrons. The molecule has 7 heteroatoms. The van der Waals surface area contributed by atoms with E-state index in [0.29, 0.717) is 17.2 Å². The second-order valence-electron chi connectivity index (χ2n) is 7.03. The van der Waals surface area contributed by atoms with Crippen LogP contribution in [-0.4, -0.2) is 30.5 Å². The molecular formula is C18H22N6O. The lowest BCUT2D eigenvalue weighted by Gasteiger charge is -2.21. The first-order valence-electron chi connectivity index (χ1n) is 8.08. The Hall–Kier alpha value is -2.96. The van der Waals surface area contributed by atoms with E-state index in [2.05, 4.69) is 41.3 Å². The van der Waals surface area contributed by atoms with E-state index in [9.17, 15) is 4.79 Å². The van der Waals surface area contributed by atoms with E-state index in [1.165, 1.54) is 0 Å². The number of nitrogens with one attached hydrogen (secondary N) is 1. The average molecular weight is 338 g/mol. The second kappa shape index (κ2) is 6.16. The van der Waals surface area contributed by atoms with E-state index >= 15 is 0 Å². The van der Waals surface area contributed by atoms with Crippen LogP contribution in [0.1, 0.15) is 37.0 Å². The molecular weight excluding hydrogens is 316 g/mol. The number of aromatic nitrogens is 5. The number of hydrogen-bond acceptors (Lipinski definition) is 4. The standard InChI is InChI=1S/C18H22N6O/c1-12-9-15(21-24(12)18(2,3)4)17(25)20-14-8-6-7-13(10-14)16-19-11-23(5)22-16/h6-11H,1-5H3,(H,20,25). The van der Waals surface area contributed by atoms with Crippen molar-refractivity contribution < 1.29 is 4.79 Å². The Balaban J connectivity index is 1.82. The first kappa shape index (κ1) is 16.9. The minimum atomic E-state index is -0.239. The van der Waals surface area contributed by atoms with Crippen molar-refractivity contribution in [2.75, 3.05) is 5.32 Å². The van der Waals surface area contributed by atoms with Crippen molar-refractivity contribution in [2.24, 2.45) is 7.05 Å². The monoisotopic (exact) mass is 338 g/mol. The van der Waals surface area contributed by atoms with E-state index in [0.717, 1.165) is 11.3 Å². The number of aryl methyl sites for hydroxylation is 2. The zero-order valence-corrected chi connectivity index (χ0v) is 15.1. The van der Waals surface area contributed by atoms with Gasteiger partial charge in [-0.05, 0) is 45.9 Å². The summed E-state index contributed by atoms with van der Waals surface area (Å²) in [7, 11) is 1.82. The number of rotatable bonds is 3. The Morgan fingerprint density at radius 2 is 1.92 bits per heavy atom. The third-order valence-electron chi connectivity index (χ3n) is 3.73. The van der Waals surface area contributed by atoms with E-state index < -0.39 is 0 Å². The van der Waals surface area contributed by atoms with Gasteiger partial charge in [0.15, 0.2) is 11.5 Å². The molecule has 2 aromatic heterocycles. The van der Waals surface area contributed by atoms with Crippen molar-refractivity contribution in [2.45, 2.75) is 33.2 Å². The van der Waals surface area contributed by atoms with E-state index in [-0.39, 0.29) is 11.4 Å². The summed E-state index contributed by atoms with van der Waals surface area (Å²) in [4.78, 5) is 16.8. The molecule has 0 saturated carbocycles. The predicted molar refractivity (Wildman–Crippen MR) is 96.4 cm³/mol. The summed E-state index contributed by atoms with van der Waals surface area (Å²) in [6.07, 6.45) is 1.64. The normalized spacial score (nSPS) is 11.6. The van der Waals surface area contributed by atoms with Gasteiger partial charge in [0.1, 0.15) is 6.33 Å². The van der Waals surface area contributed by atoms with Crippen molar-refractivity contribution in [3.63, 3.8) is 0 Å². The van der Waals surface area contributed by atoms with Gasteiger partial charge in [-0.15, -0.1) is 0 Å². The molecule has 0 saturated heterocycles. The summed E-state index contributed by atoms with van der Waals surface area (Å²) in [5.41, 5.74) is 2.69. The smallest absolute Gasteiger partial charge is 0.276 e. The predicted octanol–water partition coefficient (Wildman–Crippen LogP) is 2.99.